The SMILES string of the molecule is CCOc1ccc(C(=O)NCc2ccc3c(c2)CNC3)cc1[N+](=O)[O-]. The maximum absolute atomic E-state index is 12.3. The van der Waals surface area contributed by atoms with Gasteiger partial charge in [0.25, 0.3) is 5.91 Å². The van der Waals surface area contributed by atoms with Crippen molar-refractivity contribution in [3.05, 3.63) is 68.8 Å². The molecule has 0 radical (unpaired) electrons. The second-order valence-corrected chi connectivity index (χ2v) is 5.76. The van der Waals surface area contributed by atoms with E-state index in [-0.39, 0.29) is 22.9 Å². The van der Waals surface area contributed by atoms with E-state index in [0.29, 0.717) is 13.2 Å². The second-order valence-electron chi connectivity index (χ2n) is 5.76. The average Bonchev–Trinajstić information content (AvgIpc) is 3.07. The number of amides is 1. The minimum absolute atomic E-state index is 0.162. The Balaban J connectivity index is 1.70. The van der Waals surface area contributed by atoms with Crippen molar-refractivity contribution in [3.63, 3.8) is 0 Å². The summed E-state index contributed by atoms with van der Waals surface area (Å²) in [5, 5.41) is 17.2. The Morgan fingerprint density at radius 1 is 1.24 bits per heavy atom. The normalized spacial score (nSPS) is 12.5. The van der Waals surface area contributed by atoms with Gasteiger partial charge in [0, 0.05) is 31.3 Å². The molecule has 0 aromatic heterocycles. The fourth-order valence-electron chi connectivity index (χ4n) is 2.82. The van der Waals surface area contributed by atoms with E-state index in [1.54, 1.807) is 6.92 Å². The Kier molecular flexibility index (Phi) is 4.95. The summed E-state index contributed by atoms with van der Waals surface area (Å²) in [4.78, 5) is 22.9. The average molecular weight is 341 g/mol. The summed E-state index contributed by atoms with van der Waals surface area (Å²) in [5.41, 5.74) is 3.54. The molecule has 3 rings (SSSR count). The number of carbonyl (C=O) groups excluding carboxylic acids is 1. The number of ether oxygens (including phenoxy) is 1. The van der Waals surface area contributed by atoms with Gasteiger partial charge in [0.1, 0.15) is 0 Å². The number of benzene rings is 2. The highest BCUT2D eigenvalue weighted by Crippen LogP contribution is 2.28. The molecule has 2 N–H and O–H groups in total. The fourth-order valence-corrected chi connectivity index (χ4v) is 2.82. The monoisotopic (exact) mass is 341 g/mol. The van der Waals surface area contributed by atoms with Gasteiger partial charge in [-0.2, -0.15) is 0 Å². The summed E-state index contributed by atoms with van der Waals surface area (Å²) in [6, 6.07) is 10.3. The van der Waals surface area contributed by atoms with Crippen LogP contribution in [0.1, 0.15) is 34.0 Å². The summed E-state index contributed by atoms with van der Waals surface area (Å²) < 4.78 is 5.23. The third kappa shape index (κ3) is 3.77. The van der Waals surface area contributed by atoms with E-state index in [1.807, 2.05) is 6.07 Å². The van der Waals surface area contributed by atoms with Crippen LogP contribution in [-0.2, 0) is 19.6 Å². The van der Waals surface area contributed by atoms with Crippen molar-refractivity contribution in [3.8, 4) is 5.75 Å². The number of nitro groups is 1. The van der Waals surface area contributed by atoms with E-state index < -0.39 is 4.92 Å². The zero-order valence-electron chi connectivity index (χ0n) is 13.9. The molecule has 0 bridgehead atoms. The lowest BCUT2D eigenvalue weighted by atomic mass is 10.1. The van der Waals surface area contributed by atoms with E-state index in [2.05, 4.69) is 22.8 Å². The molecule has 0 saturated carbocycles. The van der Waals surface area contributed by atoms with Gasteiger partial charge in [-0.25, -0.2) is 0 Å². The molecule has 0 fully saturated rings. The largest absolute Gasteiger partial charge is 0.487 e. The number of fused-ring (bicyclic) bond motifs is 1. The van der Waals surface area contributed by atoms with Gasteiger partial charge in [0.2, 0.25) is 0 Å². The highest BCUT2D eigenvalue weighted by molar-refractivity contribution is 5.95. The molecule has 1 heterocycles. The first-order valence-corrected chi connectivity index (χ1v) is 8.09. The maximum atomic E-state index is 12.3. The molecule has 0 atom stereocenters. The van der Waals surface area contributed by atoms with Crippen LogP contribution in [0.5, 0.6) is 5.75 Å². The van der Waals surface area contributed by atoms with E-state index in [9.17, 15) is 14.9 Å². The summed E-state index contributed by atoms with van der Waals surface area (Å²) >= 11 is 0. The molecule has 2 aromatic carbocycles. The predicted molar refractivity (Wildman–Crippen MR) is 92.4 cm³/mol. The van der Waals surface area contributed by atoms with Gasteiger partial charge in [0.15, 0.2) is 5.75 Å². The van der Waals surface area contributed by atoms with Crippen LogP contribution in [0, 0.1) is 10.1 Å². The van der Waals surface area contributed by atoms with E-state index in [0.717, 1.165) is 18.7 Å². The number of nitro benzene ring substituents is 1. The highest BCUT2D eigenvalue weighted by Gasteiger charge is 2.18. The lowest BCUT2D eigenvalue weighted by Crippen LogP contribution is -2.23. The second kappa shape index (κ2) is 7.31. The van der Waals surface area contributed by atoms with Gasteiger partial charge >= 0.3 is 5.69 Å². The van der Waals surface area contributed by atoms with Crippen molar-refractivity contribution in [2.24, 2.45) is 0 Å². The smallest absolute Gasteiger partial charge is 0.311 e. The molecule has 130 valence electrons. The van der Waals surface area contributed by atoms with Crippen LogP contribution in [0.15, 0.2) is 36.4 Å². The highest BCUT2D eigenvalue weighted by atomic mass is 16.6. The Morgan fingerprint density at radius 2 is 2.04 bits per heavy atom. The Bertz CT molecular complexity index is 820. The number of nitrogens with zero attached hydrogens (tertiary/aromatic N) is 1. The van der Waals surface area contributed by atoms with Gasteiger partial charge in [-0.15, -0.1) is 0 Å². The molecular weight excluding hydrogens is 322 g/mol. The maximum Gasteiger partial charge on any atom is 0.311 e. The zero-order chi connectivity index (χ0) is 17.8. The number of hydrogen-bond donors (Lipinski definition) is 2. The van der Waals surface area contributed by atoms with Crippen molar-refractivity contribution in [1.82, 2.24) is 10.6 Å². The van der Waals surface area contributed by atoms with Crippen LogP contribution < -0.4 is 15.4 Å². The number of hydrogen-bond acceptors (Lipinski definition) is 5. The molecule has 0 saturated heterocycles. The van der Waals surface area contributed by atoms with Crippen molar-refractivity contribution < 1.29 is 14.5 Å². The van der Waals surface area contributed by atoms with Gasteiger partial charge in [-0.3, -0.25) is 14.9 Å². The molecule has 0 spiro atoms. The minimum Gasteiger partial charge on any atom is -0.487 e. The Hall–Kier alpha value is -2.93. The molecular formula is C18H19N3O4. The molecule has 1 aliphatic rings. The van der Waals surface area contributed by atoms with Crippen LogP contribution in [0.25, 0.3) is 0 Å². The molecule has 1 aliphatic heterocycles. The van der Waals surface area contributed by atoms with Crippen molar-refractivity contribution in [1.29, 1.82) is 0 Å². The van der Waals surface area contributed by atoms with Crippen LogP contribution in [0.2, 0.25) is 0 Å². The van der Waals surface area contributed by atoms with Crippen molar-refractivity contribution in [2.75, 3.05) is 6.61 Å². The quantitative estimate of drug-likeness (QED) is 0.622. The lowest BCUT2D eigenvalue weighted by molar-refractivity contribution is -0.385. The van der Waals surface area contributed by atoms with Crippen LogP contribution in [0.4, 0.5) is 5.69 Å². The summed E-state index contributed by atoms with van der Waals surface area (Å²) in [6.07, 6.45) is 0. The zero-order valence-corrected chi connectivity index (χ0v) is 13.9. The third-order valence-electron chi connectivity index (χ3n) is 4.07. The van der Waals surface area contributed by atoms with E-state index in [1.165, 1.54) is 29.3 Å². The van der Waals surface area contributed by atoms with Gasteiger partial charge in [-0.1, -0.05) is 18.2 Å². The third-order valence-corrected chi connectivity index (χ3v) is 4.07. The Labute approximate surface area is 145 Å². The molecule has 2 aromatic rings. The number of rotatable bonds is 6. The van der Waals surface area contributed by atoms with Gasteiger partial charge < -0.3 is 15.4 Å². The molecule has 1 amide bonds. The van der Waals surface area contributed by atoms with Crippen molar-refractivity contribution in [2.45, 2.75) is 26.6 Å². The first-order chi connectivity index (χ1) is 12.1. The standard InChI is InChI=1S/C18H19N3O4/c1-2-25-17-6-5-13(8-16(17)21(23)24)18(22)20-9-12-3-4-14-10-19-11-15(14)7-12/h3-8,19H,2,9-11H2,1H3,(H,20,22). The van der Waals surface area contributed by atoms with E-state index >= 15 is 0 Å². The molecule has 7 heteroatoms. The first-order valence-electron chi connectivity index (χ1n) is 8.09. The summed E-state index contributed by atoms with van der Waals surface area (Å²) in [7, 11) is 0. The Morgan fingerprint density at radius 3 is 2.80 bits per heavy atom. The number of carbonyl (C=O) groups is 1. The van der Waals surface area contributed by atoms with Crippen molar-refractivity contribution >= 4 is 11.6 Å². The fraction of sp³-hybridized carbons (Fsp3) is 0.278. The van der Waals surface area contributed by atoms with Crippen LogP contribution in [-0.4, -0.2) is 17.4 Å². The molecule has 25 heavy (non-hydrogen) atoms. The lowest BCUT2D eigenvalue weighted by Gasteiger charge is -2.09. The first kappa shape index (κ1) is 16.9. The minimum atomic E-state index is -0.546. The molecule has 0 aliphatic carbocycles. The summed E-state index contributed by atoms with van der Waals surface area (Å²) in [5.74, 6) is -0.194. The summed E-state index contributed by atoms with van der Waals surface area (Å²) in [6.45, 7) is 4.14. The van der Waals surface area contributed by atoms with Gasteiger partial charge in [0.05, 0.1) is 11.5 Å². The predicted octanol–water partition coefficient (Wildman–Crippen LogP) is 2.53. The van der Waals surface area contributed by atoms with Gasteiger partial charge in [-0.05, 0) is 35.7 Å². The molecule has 0 unspecified atom stereocenters. The van der Waals surface area contributed by atoms with Crippen LogP contribution in [0.3, 0.4) is 0 Å². The van der Waals surface area contributed by atoms with E-state index in [4.69, 9.17) is 4.74 Å². The molecule has 7 nitrogen and oxygen atoms in total. The number of nitrogens with one attached hydrogen (secondary N) is 2. The van der Waals surface area contributed by atoms with Crippen LogP contribution >= 0.6 is 0 Å². The topological polar surface area (TPSA) is 93.5 Å².